The van der Waals surface area contributed by atoms with E-state index < -0.39 is 17.8 Å². The maximum atomic E-state index is 13.1. The third-order valence-corrected chi connectivity index (χ3v) is 3.77. The van der Waals surface area contributed by atoms with E-state index in [0.717, 1.165) is 0 Å². The van der Waals surface area contributed by atoms with E-state index in [1.54, 1.807) is 24.3 Å². The minimum absolute atomic E-state index is 0.0199. The highest BCUT2D eigenvalue weighted by molar-refractivity contribution is 6.31. The molecule has 1 amide bonds. The van der Waals surface area contributed by atoms with Gasteiger partial charge in [0.25, 0.3) is 5.91 Å². The van der Waals surface area contributed by atoms with Gasteiger partial charge in [0.15, 0.2) is 5.76 Å². The maximum absolute atomic E-state index is 13.1. The van der Waals surface area contributed by atoms with Crippen molar-refractivity contribution in [2.24, 2.45) is 0 Å². The van der Waals surface area contributed by atoms with Gasteiger partial charge >= 0.3 is 0 Å². The second-order valence-corrected chi connectivity index (χ2v) is 5.45. The third kappa shape index (κ3) is 3.36. The van der Waals surface area contributed by atoms with Gasteiger partial charge in [-0.2, -0.15) is 0 Å². The fourth-order valence-corrected chi connectivity index (χ4v) is 2.52. The maximum Gasteiger partial charge on any atom is 0.287 e. The second kappa shape index (κ2) is 6.40. The summed E-state index contributed by atoms with van der Waals surface area (Å²) in [5, 5.41) is 13.6. The summed E-state index contributed by atoms with van der Waals surface area (Å²) in [5.74, 6) is -0.843. The number of nitrogens with one attached hydrogen (secondary N) is 1. The first-order valence-electron chi connectivity index (χ1n) is 6.94. The van der Waals surface area contributed by atoms with Crippen LogP contribution in [0.15, 0.2) is 52.9 Å². The molecule has 23 heavy (non-hydrogen) atoms. The molecule has 3 rings (SSSR count). The zero-order valence-electron chi connectivity index (χ0n) is 11.9. The largest absolute Gasteiger partial charge is 0.451 e. The molecule has 6 heteroatoms. The zero-order chi connectivity index (χ0) is 16.4. The molecule has 2 N–H and O–H groups in total. The molecule has 1 heterocycles. The Morgan fingerprint density at radius 1 is 1.26 bits per heavy atom. The number of aliphatic hydroxyl groups is 1. The molecule has 0 bridgehead atoms. The molecule has 1 unspecified atom stereocenters. The van der Waals surface area contributed by atoms with Gasteiger partial charge in [0, 0.05) is 22.5 Å². The van der Waals surface area contributed by atoms with Crippen molar-refractivity contribution in [3.63, 3.8) is 0 Å². The highest BCUT2D eigenvalue weighted by atomic mass is 35.5. The average Bonchev–Trinajstić information content (AvgIpc) is 2.95. The van der Waals surface area contributed by atoms with Gasteiger partial charge in [-0.05, 0) is 30.3 Å². The van der Waals surface area contributed by atoms with Crippen molar-refractivity contribution in [2.45, 2.75) is 6.10 Å². The van der Waals surface area contributed by atoms with Crippen LogP contribution in [0.3, 0.4) is 0 Å². The number of rotatable bonds is 4. The second-order valence-electron chi connectivity index (χ2n) is 5.04. The lowest BCUT2D eigenvalue weighted by Gasteiger charge is -2.12. The minimum atomic E-state index is -0.936. The average molecular weight is 334 g/mol. The highest BCUT2D eigenvalue weighted by Gasteiger charge is 2.16. The zero-order valence-corrected chi connectivity index (χ0v) is 12.7. The summed E-state index contributed by atoms with van der Waals surface area (Å²) in [6.07, 6.45) is -0.936. The number of furan rings is 1. The van der Waals surface area contributed by atoms with Gasteiger partial charge < -0.3 is 14.8 Å². The van der Waals surface area contributed by atoms with E-state index in [1.165, 1.54) is 24.3 Å². The fraction of sp³-hybridized carbons (Fsp3) is 0.118. The summed E-state index contributed by atoms with van der Waals surface area (Å²) in [5.41, 5.74) is 0.948. The van der Waals surface area contributed by atoms with Crippen molar-refractivity contribution < 1.29 is 18.7 Å². The number of halogens is 2. The summed E-state index contributed by atoms with van der Waals surface area (Å²) in [4.78, 5) is 12.1. The van der Waals surface area contributed by atoms with Gasteiger partial charge in [-0.25, -0.2) is 4.39 Å². The van der Waals surface area contributed by atoms with Crippen molar-refractivity contribution >= 4 is 28.5 Å². The van der Waals surface area contributed by atoms with Crippen molar-refractivity contribution in [3.8, 4) is 0 Å². The van der Waals surface area contributed by atoms with Crippen molar-refractivity contribution in [1.82, 2.24) is 5.32 Å². The number of amides is 1. The predicted octanol–water partition coefficient (Wildman–Crippen LogP) is 3.69. The van der Waals surface area contributed by atoms with E-state index in [9.17, 15) is 14.3 Å². The molecule has 0 saturated heterocycles. The molecule has 118 valence electrons. The van der Waals surface area contributed by atoms with Crippen LogP contribution in [0, 0.1) is 5.82 Å². The van der Waals surface area contributed by atoms with E-state index in [1.807, 2.05) is 0 Å². The molecule has 0 spiro atoms. The summed E-state index contributed by atoms with van der Waals surface area (Å²) in [6.45, 7) is -0.0199. The van der Waals surface area contributed by atoms with Crippen LogP contribution in [-0.4, -0.2) is 17.6 Å². The van der Waals surface area contributed by atoms with E-state index in [4.69, 9.17) is 16.0 Å². The summed E-state index contributed by atoms with van der Waals surface area (Å²) < 4.78 is 18.5. The molecular weight excluding hydrogens is 321 g/mol. The van der Waals surface area contributed by atoms with Crippen LogP contribution in [0.25, 0.3) is 11.0 Å². The number of aliphatic hydroxyl groups excluding tert-OH is 1. The normalized spacial score (nSPS) is 12.3. The lowest BCUT2D eigenvalue weighted by atomic mass is 10.1. The molecule has 4 nitrogen and oxygen atoms in total. The van der Waals surface area contributed by atoms with Crippen LogP contribution in [0.2, 0.25) is 5.02 Å². The molecule has 2 aromatic carbocycles. The number of carbonyl (C=O) groups excluding carboxylic acids is 1. The number of fused-ring (bicyclic) bond motifs is 1. The Labute approximate surface area is 136 Å². The molecule has 3 aromatic rings. The van der Waals surface area contributed by atoms with Crippen molar-refractivity contribution in [2.75, 3.05) is 6.54 Å². The van der Waals surface area contributed by atoms with Gasteiger partial charge in [-0.3, -0.25) is 4.79 Å². The number of hydrogen-bond acceptors (Lipinski definition) is 3. The molecule has 0 aliphatic rings. The standard InChI is InChI=1S/C17H13ClFNO3/c18-13-4-2-1-3-12(13)14(21)9-20-17(22)16-8-10-7-11(19)5-6-15(10)23-16/h1-8,14,21H,9H2,(H,20,22). The Balaban J connectivity index is 1.70. The topological polar surface area (TPSA) is 62.5 Å². The van der Waals surface area contributed by atoms with Gasteiger partial charge in [-0.1, -0.05) is 29.8 Å². The first kappa shape index (κ1) is 15.5. The lowest BCUT2D eigenvalue weighted by Crippen LogP contribution is -2.28. The van der Waals surface area contributed by atoms with E-state index in [-0.39, 0.29) is 12.3 Å². The van der Waals surface area contributed by atoms with Gasteiger partial charge in [0.2, 0.25) is 0 Å². The Kier molecular flexibility index (Phi) is 4.32. The smallest absolute Gasteiger partial charge is 0.287 e. The highest BCUT2D eigenvalue weighted by Crippen LogP contribution is 2.23. The van der Waals surface area contributed by atoms with Gasteiger partial charge in [0.05, 0.1) is 6.10 Å². The minimum Gasteiger partial charge on any atom is -0.451 e. The number of hydrogen-bond donors (Lipinski definition) is 2. The first-order chi connectivity index (χ1) is 11.0. The van der Waals surface area contributed by atoms with Gasteiger partial charge in [-0.15, -0.1) is 0 Å². The SMILES string of the molecule is O=C(NCC(O)c1ccccc1Cl)c1cc2cc(F)ccc2o1. The Morgan fingerprint density at radius 3 is 2.83 bits per heavy atom. The Hall–Kier alpha value is -2.37. The number of carbonyl (C=O) groups is 1. The lowest BCUT2D eigenvalue weighted by molar-refractivity contribution is 0.0891. The molecule has 1 aromatic heterocycles. The van der Waals surface area contributed by atoms with E-state index in [2.05, 4.69) is 5.32 Å². The van der Waals surface area contributed by atoms with Crippen LogP contribution in [0.5, 0.6) is 0 Å². The molecule has 1 atom stereocenters. The quantitative estimate of drug-likeness (QED) is 0.765. The third-order valence-electron chi connectivity index (χ3n) is 3.42. The van der Waals surface area contributed by atoms with Crippen LogP contribution in [0.4, 0.5) is 4.39 Å². The predicted molar refractivity (Wildman–Crippen MR) is 84.9 cm³/mol. The van der Waals surface area contributed by atoms with Crippen LogP contribution >= 0.6 is 11.6 Å². The van der Waals surface area contributed by atoms with E-state index in [0.29, 0.717) is 21.6 Å². The monoisotopic (exact) mass is 333 g/mol. The van der Waals surface area contributed by atoms with Crippen LogP contribution in [0.1, 0.15) is 22.2 Å². The Bertz CT molecular complexity index is 862. The van der Waals surface area contributed by atoms with Crippen LogP contribution < -0.4 is 5.32 Å². The summed E-state index contributed by atoms with van der Waals surface area (Å²) in [7, 11) is 0. The van der Waals surface area contributed by atoms with Gasteiger partial charge in [0.1, 0.15) is 11.4 Å². The summed E-state index contributed by atoms with van der Waals surface area (Å²) >= 11 is 5.99. The van der Waals surface area contributed by atoms with Crippen LogP contribution in [-0.2, 0) is 0 Å². The molecule has 0 aliphatic carbocycles. The van der Waals surface area contributed by atoms with Crippen molar-refractivity contribution in [3.05, 3.63) is 70.7 Å². The molecule has 0 saturated carbocycles. The number of benzene rings is 2. The Morgan fingerprint density at radius 2 is 2.04 bits per heavy atom. The fourth-order valence-electron chi connectivity index (χ4n) is 2.26. The molecule has 0 aliphatic heterocycles. The molecule has 0 radical (unpaired) electrons. The molecular formula is C17H13ClFNO3. The van der Waals surface area contributed by atoms with E-state index >= 15 is 0 Å². The van der Waals surface area contributed by atoms with Crippen molar-refractivity contribution in [1.29, 1.82) is 0 Å². The molecule has 0 fully saturated rings. The first-order valence-corrected chi connectivity index (χ1v) is 7.32. The summed E-state index contributed by atoms with van der Waals surface area (Å²) in [6, 6.07) is 12.3.